The molecular weight excluding hydrogens is 497 g/mol. The van der Waals surface area contributed by atoms with Gasteiger partial charge in [-0.05, 0) is 49.9 Å². The fourth-order valence-corrected chi connectivity index (χ4v) is 4.92. The van der Waals surface area contributed by atoms with E-state index in [4.69, 9.17) is 10.1 Å². The second-order valence-corrected chi connectivity index (χ2v) is 11.6. The van der Waals surface area contributed by atoms with Crippen LogP contribution in [0, 0.1) is 12.7 Å². The molecule has 9 nitrogen and oxygen atoms in total. The fraction of sp³-hybridized carbons (Fsp3) is 0.379. The molecule has 0 N–H and O–H groups in total. The predicted octanol–water partition coefficient (Wildman–Crippen LogP) is 4.31. The maximum atomic E-state index is 14.3. The van der Waals surface area contributed by atoms with Crippen LogP contribution in [-0.4, -0.2) is 71.4 Å². The minimum absolute atomic E-state index is 0.137. The van der Waals surface area contributed by atoms with E-state index in [9.17, 15) is 14.0 Å². The van der Waals surface area contributed by atoms with E-state index in [0.717, 1.165) is 5.56 Å². The second kappa shape index (κ2) is 9.52. The molecule has 202 valence electrons. The molecule has 5 rings (SSSR count). The summed E-state index contributed by atoms with van der Waals surface area (Å²) in [6.07, 6.45) is 4.71. The van der Waals surface area contributed by atoms with Crippen LogP contribution in [0.5, 0.6) is 0 Å². The first-order chi connectivity index (χ1) is 18.3. The maximum Gasteiger partial charge on any atom is 0.291 e. The van der Waals surface area contributed by atoms with E-state index < -0.39 is 5.54 Å². The maximum absolute atomic E-state index is 14.3. The SMILES string of the molecule is Cc1ccc(-c2cc(C(C)(C)C)c3nc(C(=O)N4CCN(C(=O)c5ncccn5)CC4(C)C)cn3n2)cc1F. The fourth-order valence-electron chi connectivity index (χ4n) is 4.92. The number of aromatic nitrogens is 5. The Bertz CT molecular complexity index is 1570. The van der Waals surface area contributed by atoms with Crippen LogP contribution in [0.25, 0.3) is 16.9 Å². The first kappa shape index (κ1) is 26.4. The van der Waals surface area contributed by atoms with Crippen molar-refractivity contribution in [2.24, 2.45) is 0 Å². The number of carbonyl (C=O) groups is 2. The van der Waals surface area contributed by atoms with E-state index in [0.29, 0.717) is 42.1 Å². The smallest absolute Gasteiger partial charge is 0.291 e. The highest BCUT2D eigenvalue weighted by atomic mass is 19.1. The lowest BCUT2D eigenvalue weighted by Gasteiger charge is -2.46. The molecule has 1 aliphatic heterocycles. The molecule has 39 heavy (non-hydrogen) atoms. The van der Waals surface area contributed by atoms with Gasteiger partial charge in [0.1, 0.15) is 11.5 Å². The molecule has 0 saturated carbocycles. The van der Waals surface area contributed by atoms with Crippen molar-refractivity contribution in [3.8, 4) is 11.3 Å². The van der Waals surface area contributed by atoms with Crippen LogP contribution < -0.4 is 0 Å². The van der Waals surface area contributed by atoms with E-state index in [-0.39, 0.29) is 34.6 Å². The van der Waals surface area contributed by atoms with Crippen molar-refractivity contribution >= 4 is 17.5 Å². The monoisotopic (exact) mass is 529 g/mol. The van der Waals surface area contributed by atoms with Gasteiger partial charge in [-0.3, -0.25) is 9.59 Å². The molecule has 0 unspecified atom stereocenters. The third-order valence-electron chi connectivity index (χ3n) is 7.11. The number of carbonyl (C=O) groups excluding carboxylic acids is 2. The Morgan fingerprint density at radius 1 is 1.03 bits per heavy atom. The van der Waals surface area contributed by atoms with Gasteiger partial charge in [0, 0.05) is 43.2 Å². The Morgan fingerprint density at radius 2 is 1.74 bits per heavy atom. The number of fused-ring (bicyclic) bond motifs is 1. The van der Waals surface area contributed by atoms with Gasteiger partial charge in [-0.2, -0.15) is 5.10 Å². The zero-order valence-electron chi connectivity index (χ0n) is 23.1. The molecule has 0 spiro atoms. The Hall–Kier alpha value is -4.21. The molecule has 10 heteroatoms. The summed E-state index contributed by atoms with van der Waals surface area (Å²) < 4.78 is 16.0. The average molecular weight is 530 g/mol. The van der Waals surface area contributed by atoms with E-state index >= 15 is 0 Å². The second-order valence-electron chi connectivity index (χ2n) is 11.6. The summed E-state index contributed by atoms with van der Waals surface area (Å²) in [7, 11) is 0. The van der Waals surface area contributed by atoms with Gasteiger partial charge in [-0.15, -0.1) is 0 Å². The minimum Gasteiger partial charge on any atom is -0.332 e. The van der Waals surface area contributed by atoms with Crippen molar-refractivity contribution in [1.29, 1.82) is 0 Å². The molecule has 4 heterocycles. The van der Waals surface area contributed by atoms with E-state index in [2.05, 4.69) is 30.7 Å². The lowest BCUT2D eigenvalue weighted by Crippen LogP contribution is -2.62. The highest BCUT2D eigenvalue weighted by molar-refractivity contribution is 5.94. The molecule has 1 saturated heterocycles. The van der Waals surface area contributed by atoms with Crippen molar-refractivity contribution in [2.45, 2.75) is 52.5 Å². The average Bonchev–Trinajstić information content (AvgIpc) is 3.32. The Morgan fingerprint density at radius 3 is 2.38 bits per heavy atom. The Labute approximate surface area is 226 Å². The number of amides is 2. The van der Waals surface area contributed by atoms with Crippen LogP contribution in [0.2, 0.25) is 0 Å². The van der Waals surface area contributed by atoms with Crippen molar-refractivity contribution in [1.82, 2.24) is 34.4 Å². The van der Waals surface area contributed by atoms with Gasteiger partial charge < -0.3 is 9.80 Å². The topological polar surface area (TPSA) is 96.6 Å². The lowest BCUT2D eigenvalue weighted by molar-refractivity contribution is 0.0160. The van der Waals surface area contributed by atoms with Crippen molar-refractivity contribution in [3.63, 3.8) is 0 Å². The summed E-state index contributed by atoms with van der Waals surface area (Å²) in [6.45, 7) is 12.8. The largest absolute Gasteiger partial charge is 0.332 e. The van der Waals surface area contributed by atoms with E-state index in [1.54, 1.807) is 39.6 Å². The van der Waals surface area contributed by atoms with Gasteiger partial charge in [-0.25, -0.2) is 23.9 Å². The van der Waals surface area contributed by atoms with Gasteiger partial charge in [0.15, 0.2) is 5.65 Å². The summed E-state index contributed by atoms with van der Waals surface area (Å²) in [4.78, 5) is 43.0. The Kier molecular flexibility index (Phi) is 6.44. The number of nitrogens with zero attached hydrogens (tertiary/aromatic N) is 7. The normalized spacial score (nSPS) is 15.6. The van der Waals surface area contributed by atoms with Gasteiger partial charge in [0.05, 0.1) is 17.4 Å². The molecule has 0 aliphatic carbocycles. The van der Waals surface area contributed by atoms with Crippen LogP contribution in [0.15, 0.2) is 48.9 Å². The van der Waals surface area contributed by atoms with E-state index in [1.165, 1.54) is 18.5 Å². The first-order valence-corrected chi connectivity index (χ1v) is 12.9. The van der Waals surface area contributed by atoms with Gasteiger partial charge >= 0.3 is 0 Å². The third kappa shape index (κ3) is 4.98. The third-order valence-corrected chi connectivity index (χ3v) is 7.11. The van der Waals surface area contributed by atoms with E-state index in [1.807, 2.05) is 26.0 Å². The zero-order chi connectivity index (χ0) is 28.1. The van der Waals surface area contributed by atoms with Crippen LogP contribution in [0.1, 0.15) is 66.9 Å². The summed E-state index contributed by atoms with van der Waals surface area (Å²) in [6, 6.07) is 8.62. The molecule has 4 aromatic rings. The van der Waals surface area contributed by atoms with Gasteiger partial charge in [-0.1, -0.05) is 32.9 Å². The van der Waals surface area contributed by atoms with Crippen molar-refractivity contribution in [3.05, 3.63) is 77.4 Å². The molecular formula is C29H32FN7O2. The number of rotatable bonds is 3. The highest BCUT2D eigenvalue weighted by Gasteiger charge is 2.40. The van der Waals surface area contributed by atoms with Crippen LogP contribution in [0.3, 0.4) is 0 Å². The van der Waals surface area contributed by atoms with Gasteiger partial charge in [0.2, 0.25) is 5.82 Å². The Balaban J connectivity index is 1.47. The predicted molar refractivity (Wildman–Crippen MR) is 145 cm³/mol. The summed E-state index contributed by atoms with van der Waals surface area (Å²) in [5.41, 5.74) is 2.58. The van der Waals surface area contributed by atoms with Crippen molar-refractivity contribution in [2.75, 3.05) is 19.6 Å². The quantitative estimate of drug-likeness (QED) is 0.393. The minimum atomic E-state index is -0.652. The highest BCUT2D eigenvalue weighted by Crippen LogP contribution is 2.31. The number of aryl methyl sites for hydroxylation is 1. The molecule has 0 atom stereocenters. The van der Waals surface area contributed by atoms with Crippen molar-refractivity contribution < 1.29 is 14.0 Å². The summed E-state index contributed by atoms with van der Waals surface area (Å²) in [5, 5.41) is 4.69. The number of hydrogen-bond donors (Lipinski definition) is 0. The number of piperazine rings is 1. The molecule has 1 aromatic carbocycles. The number of hydrogen-bond acceptors (Lipinski definition) is 6. The van der Waals surface area contributed by atoms with Crippen LogP contribution in [-0.2, 0) is 5.41 Å². The van der Waals surface area contributed by atoms with Crippen LogP contribution in [0.4, 0.5) is 4.39 Å². The molecule has 3 aromatic heterocycles. The number of halogens is 1. The molecule has 2 amide bonds. The summed E-state index contributed by atoms with van der Waals surface area (Å²) >= 11 is 0. The van der Waals surface area contributed by atoms with Gasteiger partial charge in [0.25, 0.3) is 11.8 Å². The molecule has 0 bridgehead atoms. The zero-order valence-corrected chi connectivity index (χ0v) is 23.1. The number of benzene rings is 1. The standard InChI is InChI=1S/C29H32FN7O2/c1-18-8-9-19(14-21(18)30)22-15-20(28(2,3)4)25-33-23(16-37(25)34-22)26(38)36-13-12-35(17-29(36,5)6)27(39)24-31-10-7-11-32-24/h7-11,14-16H,12-13,17H2,1-6H3. The first-order valence-electron chi connectivity index (χ1n) is 12.9. The van der Waals surface area contributed by atoms with Crippen LogP contribution >= 0.6 is 0 Å². The molecule has 1 fully saturated rings. The molecule has 0 radical (unpaired) electrons. The number of imidazole rings is 1. The lowest BCUT2D eigenvalue weighted by atomic mass is 9.87. The summed E-state index contributed by atoms with van der Waals surface area (Å²) in [5.74, 6) is -0.663. The molecule has 1 aliphatic rings.